The van der Waals surface area contributed by atoms with E-state index in [0.717, 1.165) is 11.8 Å². The van der Waals surface area contributed by atoms with Crippen LogP contribution in [0.2, 0.25) is 0 Å². The lowest BCUT2D eigenvalue weighted by molar-refractivity contribution is 0.409. The van der Waals surface area contributed by atoms with E-state index in [1.807, 2.05) is 0 Å². The zero-order valence-electron chi connectivity index (χ0n) is 6.34. The minimum atomic E-state index is 0.957. The molecule has 2 atom stereocenters. The molecule has 0 spiro atoms. The average molecular weight is 137 g/mol. The van der Waals surface area contributed by atoms with Crippen LogP contribution in [-0.4, -0.2) is 13.1 Å². The molecular weight excluding hydrogens is 122 g/mol. The van der Waals surface area contributed by atoms with E-state index in [4.69, 9.17) is 0 Å². The van der Waals surface area contributed by atoms with Gasteiger partial charge in [0, 0.05) is 0 Å². The fourth-order valence-electron chi connectivity index (χ4n) is 2.10. The molecule has 10 heavy (non-hydrogen) atoms. The summed E-state index contributed by atoms with van der Waals surface area (Å²) in [7, 11) is 0. The van der Waals surface area contributed by atoms with E-state index in [2.05, 4.69) is 17.5 Å². The molecule has 1 heterocycles. The van der Waals surface area contributed by atoms with Crippen LogP contribution in [0.3, 0.4) is 0 Å². The summed E-state index contributed by atoms with van der Waals surface area (Å²) in [6, 6.07) is 0. The Labute approximate surface area is 62.5 Å². The van der Waals surface area contributed by atoms with Crippen molar-refractivity contribution in [2.24, 2.45) is 11.8 Å². The SMILES string of the molecule is C1=CCC2CNCC2CC1. The molecule has 0 aromatic rings. The van der Waals surface area contributed by atoms with Crippen LogP contribution < -0.4 is 5.32 Å². The molecule has 0 aromatic heterocycles. The van der Waals surface area contributed by atoms with Crippen molar-refractivity contribution in [2.45, 2.75) is 19.3 Å². The van der Waals surface area contributed by atoms with Crippen molar-refractivity contribution in [1.29, 1.82) is 0 Å². The molecule has 0 aromatic carbocycles. The van der Waals surface area contributed by atoms with Crippen LogP contribution in [0.4, 0.5) is 0 Å². The van der Waals surface area contributed by atoms with Crippen LogP contribution in [-0.2, 0) is 0 Å². The Morgan fingerprint density at radius 3 is 3.00 bits per heavy atom. The third kappa shape index (κ3) is 1.10. The monoisotopic (exact) mass is 137 g/mol. The van der Waals surface area contributed by atoms with E-state index < -0.39 is 0 Å². The van der Waals surface area contributed by atoms with Crippen LogP contribution in [0.25, 0.3) is 0 Å². The van der Waals surface area contributed by atoms with E-state index in [-0.39, 0.29) is 0 Å². The van der Waals surface area contributed by atoms with E-state index >= 15 is 0 Å². The molecule has 1 saturated heterocycles. The topological polar surface area (TPSA) is 12.0 Å². The smallest absolute Gasteiger partial charge is 0.00143 e. The summed E-state index contributed by atoms with van der Waals surface area (Å²) >= 11 is 0. The van der Waals surface area contributed by atoms with Gasteiger partial charge in [-0.1, -0.05) is 12.2 Å². The molecule has 56 valence electrons. The van der Waals surface area contributed by atoms with Gasteiger partial charge >= 0.3 is 0 Å². The van der Waals surface area contributed by atoms with Gasteiger partial charge in [-0.2, -0.15) is 0 Å². The maximum atomic E-state index is 3.46. The van der Waals surface area contributed by atoms with Crippen LogP contribution in [0.5, 0.6) is 0 Å². The molecule has 2 rings (SSSR count). The van der Waals surface area contributed by atoms with Gasteiger partial charge in [-0.15, -0.1) is 0 Å². The van der Waals surface area contributed by atoms with Crippen molar-refractivity contribution in [3.63, 3.8) is 0 Å². The normalized spacial score (nSPS) is 39.2. The van der Waals surface area contributed by atoms with Gasteiger partial charge in [0.2, 0.25) is 0 Å². The van der Waals surface area contributed by atoms with Crippen molar-refractivity contribution in [2.75, 3.05) is 13.1 Å². The van der Waals surface area contributed by atoms with Crippen LogP contribution in [0.15, 0.2) is 12.2 Å². The first-order chi connectivity index (χ1) is 4.97. The molecular formula is C9H15N. The third-order valence-electron chi connectivity index (χ3n) is 2.79. The lowest BCUT2D eigenvalue weighted by atomic mass is 9.91. The lowest BCUT2D eigenvalue weighted by Crippen LogP contribution is -2.09. The number of fused-ring (bicyclic) bond motifs is 1. The molecule has 1 nitrogen and oxygen atoms in total. The molecule has 2 aliphatic rings. The standard InChI is InChI=1S/C9H15N/c1-2-4-8-6-10-7-9(8)5-3-1/h1-2,8-10H,3-7H2. The summed E-state index contributed by atoms with van der Waals surface area (Å²) in [6.07, 6.45) is 8.74. The molecule has 0 saturated carbocycles. The predicted molar refractivity (Wildman–Crippen MR) is 42.8 cm³/mol. The zero-order chi connectivity index (χ0) is 6.81. The second-order valence-corrected chi connectivity index (χ2v) is 3.46. The summed E-state index contributed by atoms with van der Waals surface area (Å²) in [5, 5.41) is 3.46. The highest BCUT2D eigenvalue weighted by Gasteiger charge is 2.25. The highest BCUT2D eigenvalue weighted by Crippen LogP contribution is 2.27. The van der Waals surface area contributed by atoms with Crippen molar-refractivity contribution in [3.8, 4) is 0 Å². The zero-order valence-corrected chi connectivity index (χ0v) is 6.34. The first-order valence-corrected chi connectivity index (χ1v) is 4.32. The summed E-state index contributed by atoms with van der Waals surface area (Å²) in [5.74, 6) is 1.94. The number of allylic oxidation sites excluding steroid dienone is 2. The second kappa shape index (κ2) is 2.75. The van der Waals surface area contributed by atoms with Crippen molar-refractivity contribution < 1.29 is 0 Å². The maximum Gasteiger partial charge on any atom is -0.00143 e. The molecule has 0 bridgehead atoms. The molecule has 0 radical (unpaired) electrons. The fourth-order valence-corrected chi connectivity index (χ4v) is 2.10. The Morgan fingerprint density at radius 1 is 1.10 bits per heavy atom. The van der Waals surface area contributed by atoms with Gasteiger partial charge in [-0.25, -0.2) is 0 Å². The minimum Gasteiger partial charge on any atom is -0.316 e. The fraction of sp³-hybridized carbons (Fsp3) is 0.778. The van der Waals surface area contributed by atoms with Crippen molar-refractivity contribution in [3.05, 3.63) is 12.2 Å². The summed E-state index contributed by atoms with van der Waals surface area (Å²) in [4.78, 5) is 0. The Kier molecular flexibility index (Phi) is 1.76. The summed E-state index contributed by atoms with van der Waals surface area (Å²) in [6.45, 7) is 2.53. The Morgan fingerprint density at radius 2 is 2.00 bits per heavy atom. The Balaban J connectivity index is 2.02. The third-order valence-corrected chi connectivity index (χ3v) is 2.79. The molecule has 1 aliphatic heterocycles. The van der Waals surface area contributed by atoms with E-state index in [1.165, 1.54) is 32.4 Å². The molecule has 1 N–H and O–H groups in total. The van der Waals surface area contributed by atoms with Gasteiger partial charge in [0.1, 0.15) is 0 Å². The quantitative estimate of drug-likeness (QED) is 0.500. The number of rotatable bonds is 0. The van der Waals surface area contributed by atoms with Gasteiger partial charge in [-0.05, 0) is 44.2 Å². The molecule has 1 heteroatoms. The van der Waals surface area contributed by atoms with Crippen LogP contribution in [0.1, 0.15) is 19.3 Å². The second-order valence-electron chi connectivity index (χ2n) is 3.46. The first kappa shape index (κ1) is 6.41. The minimum absolute atomic E-state index is 0.957. The number of hydrogen-bond donors (Lipinski definition) is 1. The van der Waals surface area contributed by atoms with Crippen LogP contribution in [0, 0.1) is 11.8 Å². The summed E-state index contributed by atoms with van der Waals surface area (Å²) in [5.41, 5.74) is 0. The summed E-state index contributed by atoms with van der Waals surface area (Å²) < 4.78 is 0. The average Bonchev–Trinajstić information content (AvgIpc) is 2.28. The van der Waals surface area contributed by atoms with Gasteiger partial charge < -0.3 is 5.32 Å². The van der Waals surface area contributed by atoms with Gasteiger partial charge in [0.05, 0.1) is 0 Å². The van der Waals surface area contributed by atoms with Gasteiger partial charge in [0.15, 0.2) is 0 Å². The van der Waals surface area contributed by atoms with E-state index in [1.54, 1.807) is 0 Å². The first-order valence-electron chi connectivity index (χ1n) is 4.32. The number of hydrogen-bond acceptors (Lipinski definition) is 1. The highest BCUT2D eigenvalue weighted by molar-refractivity contribution is 4.94. The van der Waals surface area contributed by atoms with E-state index in [0.29, 0.717) is 0 Å². The molecule has 0 amide bonds. The highest BCUT2D eigenvalue weighted by atomic mass is 14.9. The lowest BCUT2D eigenvalue weighted by Gasteiger charge is -2.12. The predicted octanol–water partition coefficient (Wildman–Crippen LogP) is 1.56. The Hall–Kier alpha value is -0.300. The molecule has 2 unspecified atom stereocenters. The largest absolute Gasteiger partial charge is 0.316 e. The van der Waals surface area contributed by atoms with E-state index in [9.17, 15) is 0 Å². The molecule has 1 fully saturated rings. The maximum absolute atomic E-state index is 3.46. The van der Waals surface area contributed by atoms with Crippen LogP contribution >= 0.6 is 0 Å². The molecule has 1 aliphatic carbocycles. The van der Waals surface area contributed by atoms with Crippen molar-refractivity contribution >= 4 is 0 Å². The van der Waals surface area contributed by atoms with Crippen molar-refractivity contribution in [1.82, 2.24) is 5.32 Å². The Bertz CT molecular complexity index is 140. The number of nitrogens with one attached hydrogen (secondary N) is 1. The van der Waals surface area contributed by atoms with Gasteiger partial charge in [-0.3, -0.25) is 0 Å². The van der Waals surface area contributed by atoms with Gasteiger partial charge in [0.25, 0.3) is 0 Å².